The molecule has 8 heterocycles. The van der Waals surface area contributed by atoms with Crippen LogP contribution in [0.1, 0.15) is 133 Å². The largest absolute Gasteiger partial charge is 0.491 e. The lowest BCUT2D eigenvalue weighted by molar-refractivity contribution is 0.256. The van der Waals surface area contributed by atoms with E-state index >= 15 is 0 Å². The van der Waals surface area contributed by atoms with Crippen LogP contribution in [0.2, 0.25) is 0 Å². The lowest BCUT2D eigenvalue weighted by atomic mass is 9.75. The third-order valence-corrected chi connectivity index (χ3v) is 21.6. The molecule has 8 atom stereocenters. The summed E-state index contributed by atoms with van der Waals surface area (Å²) in [4.78, 5) is 0. The first kappa shape index (κ1) is 69.2. The second-order valence-electron chi connectivity index (χ2n) is 31.2. The molecule has 0 spiro atoms. The molecule has 8 aliphatic heterocycles. The van der Waals surface area contributed by atoms with Gasteiger partial charge in [0, 0.05) is 40.9 Å². The normalized spacial score (nSPS) is 22.0. The minimum absolute atomic E-state index is 0.0408. The number of benzene rings is 8. The molecule has 16 rings (SSSR count). The van der Waals surface area contributed by atoms with Crippen LogP contribution in [0.4, 0.5) is 0 Å². The number of rotatable bonds is 38. The third kappa shape index (κ3) is 17.3. The van der Waals surface area contributed by atoms with Crippen molar-refractivity contribution in [1.29, 1.82) is 0 Å². The highest BCUT2D eigenvalue weighted by Crippen LogP contribution is 2.46. The highest BCUT2D eigenvalue weighted by molar-refractivity contribution is 5.60. The van der Waals surface area contributed by atoms with Crippen LogP contribution in [0.3, 0.4) is 0 Å². The van der Waals surface area contributed by atoms with Crippen LogP contribution in [0, 0.1) is 0 Å². The van der Waals surface area contributed by atoms with Crippen molar-refractivity contribution in [3.05, 3.63) is 236 Å². The fourth-order valence-electron chi connectivity index (χ4n) is 13.6. The number of hydrogen-bond acceptors (Lipinski definition) is 16. The van der Waals surface area contributed by atoms with Gasteiger partial charge >= 0.3 is 0 Å². The van der Waals surface area contributed by atoms with E-state index in [0.717, 1.165) is 150 Å². The van der Waals surface area contributed by atoms with Crippen molar-refractivity contribution >= 4 is 0 Å². The smallest absolute Gasteiger partial charge is 0.126 e. The summed E-state index contributed by atoms with van der Waals surface area (Å²) in [6, 6.07) is 56.9. The van der Waals surface area contributed by atoms with Crippen molar-refractivity contribution < 1.29 is 75.8 Å². The van der Waals surface area contributed by atoms with Crippen molar-refractivity contribution in [2.45, 2.75) is 145 Å². The molecular weight excluding hydrogens is 1300 g/mol. The SMILES string of the molecule is CC(C)(c1ccc(OCC2CO2)cc1)c1ccc(OCC2CO2)c(Cc2cc(C(C)(C)c3ccc(OCC4CO4)cc3)cc(Cc3cc(C(C)(C)c4ccc(OC[C@H]5CO5)cc4)cc(Cc4cc(C(C)(C)c5ccc(OCC6CO6)cc5)ccc4OCC4CO4)c3OCC3CO3)c2OCC2CO2)c1. The minimum Gasteiger partial charge on any atom is -0.491 e. The quantitative estimate of drug-likeness (QED) is 0.0334. The van der Waals surface area contributed by atoms with Crippen LogP contribution in [0.5, 0.6) is 46.0 Å². The Morgan fingerprint density at radius 3 is 0.670 bits per heavy atom. The van der Waals surface area contributed by atoms with Crippen molar-refractivity contribution in [1.82, 2.24) is 0 Å². The highest BCUT2D eigenvalue weighted by Gasteiger charge is 2.36. The predicted octanol–water partition coefficient (Wildman–Crippen LogP) is 14.0. The zero-order valence-electron chi connectivity index (χ0n) is 60.6. The molecule has 0 bridgehead atoms. The molecule has 103 heavy (non-hydrogen) atoms. The fraction of sp³-hybridized carbons (Fsp3) is 0.448. The summed E-state index contributed by atoms with van der Waals surface area (Å²) in [6.07, 6.45) is 2.02. The molecule has 8 aliphatic rings. The molecule has 0 saturated carbocycles. The zero-order valence-corrected chi connectivity index (χ0v) is 60.6. The Hall–Kier alpha value is -8.16. The van der Waals surface area contributed by atoms with Gasteiger partial charge in [0.25, 0.3) is 0 Å². The first-order valence-electron chi connectivity index (χ1n) is 36.9. The topological polar surface area (TPSA) is 174 Å². The van der Waals surface area contributed by atoms with E-state index in [1.807, 2.05) is 0 Å². The van der Waals surface area contributed by atoms with Crippen LogP contribution in [-0.2, 0) is 78.8 Å². The van der Waals surface area contributed by atoms with Crippen LogP contribution in [0.15, 0.2) is 158 Å². The Labute approximate surface area is 605 Å². The lowest BCUT2D eigenvalue weighted by Crippen LogP contribution is -2.22. The highest BCUT2D eigenvalue weighted by atomic mass is 16.6. The van der Waals surface area contributed by atoms with Gasteiger partial charge in [0.15, 0.2) is 0 Å². The second-order valence-corrected chi connectivity index (χ2v) is 31.2. The Balaban J connectivity index is 0.838. The first-order valence-corrected chi connectivity index (χ1v) is 36.9. The summed E-state index contributed by atoms with van der Waals surface area (Å²) in [7, 11) is 0. The van der Waals surface area contributed by atoms with Gasteiger partial charge in [0.2, 0.25) is 0 Å². The molecule has 0 aromatic heterocycles. The van der Waals surface area contributed by atoms with E-state index in [9.17, 15) is 0 Å². The molecule has 0 aliphatic carbocycles. The van der Waals surface area contributed by atoms with E-state index in [0.29, 0.717) is 98.5 Å². The molecule has 0 radical (unpaired) electrons. The van der Waals surface area contributed by atoms with E-state index in [2.05, 4.69) is 213 Å². The molecule has 16 nitrogen and oxygen atoms in total. The maximum absolute atomic E-state index is 7.36. The van der Waals surface area contributed by atoms with Crippen LogP contribution < -0.4 is 37.9 Å². The average Bonchev–Trinajstić information content (AvgIpc) is 1.21. The Morgan fingerprint density at radius 1 is 0.233 bits per heavy atom. The molecule has 540 valence electrons. The van der Waals surface area contributed by atoms with Crippen molar-refractivity contribution in [2.24, 2.45) is 0 Å². The molecule has 0 amide bonds. The van der Waals surface area contributed by atoms with Crippen LogP contribution in [-0.4, -0.2) is 155 Å². The predicted molar refractivity (Wildman–Crippen MR) is 390 cm³/mol. The van der Waals surface area contributed by atoms with Gasteiger partial charge < -0.3 is 75.8 Å². The summed E-state index contributed by atoms with van der Waals surface area (Å²) in [6.45, 7) is 27.7. The molecule has 8 saturated heterocycles. The van der Waals surface area contributed by atoms with Crippen molar-refractivity contribution in [2.75, 3.05) is 106 Å². The van der Waals surface area contributed by atoms with E-state index in [1.54, 1.807) is 0 Å². The van der Waals surface area contributed by atoms with E-state index in [4.69, 9.17) is 75.8 Å². The molecular formula is C87H96O16. The van der Waals surface area contributed by atoms with E-state index < -0.39 is 21.7 Å². The molecule has 0 N–H and O–H groups in total. The van der Waals surface area contributed by atoms with Crippen LogP contribution >= 0.6 is 0 Å². The zero-order chi connectivity index (χ0) is 70.5. The summed E-state index contributed by atoms with van der Waals surface area (Å²) in [5, 5.41) is 0. The summed E-state index contributed by atoms with van der Waals surface area (Å²) < 4.78 is 98.4. The van der Waals surface area contributed by atoms with Gasteiger partial charge in [-0.25, -0.2) is 0 Å². The van der Waals surface area contributed by atoms with Gasteiger partial charge in [-0.2, -0.15) is 0 Å². The number of hydrogen-bond donors (Lipinski definition) is 0. The fourth-order valence-corrected chi connectivity index (χ4v) is 13.6. The first-order chi connectivity index (χ1) is 49.9. The van der Waals surface area contributed by atoms with Crippen LogP contribution in [0.25, 0.3) is 0 Å². The van der Waals surface area contributed by atoms with E-state index in [-0.39, 0.29) is 48.8 Å². The standard InChI is InChI=1S/C87H96O16/c1-84(2,60-9-19-68(20-10-60)88-38-72-42-92-72)64-17-27-80(100-50-76-46-96-76)54(32-64)29-56-34-66(86(5,6)62-13-23-70(24-14-62)90-40-74-44-94-74)36-58(82(56)102-52-78-48-98-78)31-59-37-67(87(7,8)63-15-25-71(26-16-63)91-41-75-45-95-75)35-57(83(59)103-53-79-49-99-79)30-55-33-65(18-28-81(55)101-51-77-47-97-77)85(3,4)61-11-21-69(22-12-61)89-39-73-43-93-73/h9-28,32-37,72-79H,29-31,38-53H2,1-8H3/t72?,73?,74-,75?,76?,77?,78?,79?/m0/s1. The summed E-state index contributed by atoms with van der Waals surface area (Å²) in [5.41, 5.74) is 13.3. The molecule has 8 aromatic rings. The number of ether oxygens (including phenoxy) is 16. The maximum atomic E-state index is 7.36. The average molecular weight is 1400 g/mol. The van der Waals surface area contributed by atoms with Gasteiger partial charge in [-0.05, 0) is 139 Å². The Bertz CT molecular complexity index is 3990. The van der Waals surface area contributed by atoms with Gasteiger partial charge in [-0.15, -0.1) is 0 Å². The van der Waals surface area contributed by atoms with Gasteiger partial charge in [-0.1, -0.05) is 152 Å². The second kappa shape index (κ2) is 29.1. The van der Waals surface area contributed by atoms with Gasteiger partial charge in [0.05, 0.1) is 52.9 Å². The molecule has 16 heteroatoms. The summed E-state index contributed by atoms with van der Waals surface area (Å²) >= 11 is 0. The summed E-state index contributed by atoms with van der Waals surface area (Å²) in [5.74, 6) is 6.46. The molecule has 8 fully saturated rings. The van der Waals surface area contributed by atoms with Gasteiger partial charge in [0.1, 0.15) is 148 Å². The monoisotopic (exact) mass is 1400 g/mol. The van der Waals surface area contributed by atoms with Gasteiger partial charge in [-0.3, -0.25) is 0 Å². The van der Waals surface area contributed by atoms with Crippen molar-refractivity contribution in [3.63, 3.8) is 0 Å². The minimum atomic E-state index is -0.533. The molecule has 7 unspecified atom stereocenters. The Kier molecular flexibility index (Phi) is 19.5. The maximum Gasteiger partial charge on any atom is 0.126 e. The number of epoxide rings is 8. The molecule has 8 aromatic carbocycles. The third-order valence-electron chi connectivity index (χ3n) is 21.6. The Morgan fingerprint density at radius 2 is 0.427 bits per heavy atom. The van der Waals surface area contributed by atoms with E-state index in [1.165, 1.54) is 0 Å². The lowest BCUT2D eigenvalue weighted by Gasteiger charge is -2.31. The van der Waals surface area contributed by atoms with Crippen molar-refractivity contribution in [3.8, 4) is 46.0 Å².